The Morgan fingerprint density at radius 1 is 1.13 bits per heavy atom. The molecule has 1 aliphatic rings. The fourth-order valence-corrected chi connectivity index (χ4v) is 4.23. The average molecular weight is 446 g/mol. The van der Waals surface area contributed by atoms with Crippen LogP contribution in [0.3, 0.4) is 0 Å². The molecular weight excluding hydrogens is 429 g/mol. The molecule has 3 aromatic heterocycles. The van der Waals surface area contributed by atoms with Gasteiger partial charge in [-0.3, -0.25) is 0 Å². The van der Waals surface area contributed by atoms with Crippen LogP contribution in [-0.2, 0) is 4.74 Å². The Hall–Kier alpha value is -2.75. The monoisotopic (exact) mass is 445 g/mol. The van der Waals surface area contributed by atoms with Crippen LogP contribution in [-0.4, -0.2) is 49.7 Å². The number of methoxy groups -OCH3 is 1. The molecule has 0 amide bonds. The first-order valence-corrected chi connectivity index (χ1v) is 10.1. The van der Waals surface area contributed by atoms with Crippen molar-refractivity contribution in [3.8, 4) is 11.4 Å². The van der Waals surface area contributed by atoms with Gasteiger partial charge >= 0.3 is 0 Å². The van der Waals surface area contributed by atoms with Gasteiger partial charge in [0.1, 0.15) is 6.04 Å². The van der Waals surface area contributed by atoms with E-state index in [1.165, 1.54) is 0 Å². The number of aromatic nitrogens is 6. The minimum atomic E-state index is -0.137. The van der Waals surface area contributed by atoms with Crippen LogP contribution in [0.25, 0.3) is 17.0 Å². The fourth-order valence-electron chi connectivity index (χ4n) is 3.70. The van der Waals surface area contributed by atoms with Gasteiger partial charge in [0.25, 0.3) is 0 Å². The second-order valence-electron chi connectivity index (χ2n) is 7.08. The number of aryl methyl sites for hydroxylation is 1. The van der Waals surface area contributed by atoms with Crippen molar-refractivity contribution in [2.45, 2.75) is 25.5 Å². The number of fused-ring (bicyclic) bond motifs is 1. The number of hydrogen-bond donors (Lipinski definition) is 0. The molecule has 1 saturated heterocycles. The van der Waals surface area contributed by atoms with Crippen molar-refractivity contribution >= 4 is 34.7 Å². The molecule has 0 bridgehead atoms. The fraction of sp³-hybridized carbons (Fsp3) is 0.316. The van der Waals surface area contributed by atoms with E-state index in [0.29, 0.717) is 39.8 Å². The third kappa shape index (κ3) is 3.38. The third-order valence-electron chi connectivity index (χ3n) is 5.09. The molecule has 0 N–H and O–H groups in total. The van der Waals surface area contributed by atoms with E-state index in [9.17, 15) is 0 Å². The predicted octanol–water partition coefficient (Wildman–Crippen LogP) is 3.76. The number of benzene rings is 1. The molecule has 1 aromatic carbocycles. The van der Waals surface area contributed by atoms with Crippen LogP contribution in [0.2, 0.25) is 10.0 Å². The summed E-state index contributed by atoms with van der Waals surface area (Å²) in [6.45, 7) is 2.44. The number of anilines is 1. The van der Waals surface area contributed by atoms with E-state index in [1.807, 2.05) is 12.1 Å². The maximum Gasteiger partial charge on any atom is 0.249 e. The average Bonchev–Trinajstić information content (AvgIpc) is 3.44. The van der Waals surface area contributed by atoms with Gasteiger partial charge in [-0.2, -0.15) is 9.50 Å². The molecule has 0 aliphatic carbocycles. The summed E-state index contributed by atoms with van der Waals surface area (Å²) in [6.07, 6.45) is 0.739. The Morgan fingerprint density at radius 2 is 1.93 bits per heavy atom. The van der Waals surface area contributed by atoms with Crippen molar-refractivity contribution in [2.75, 3.05) is 18.6 Å². The van der Waals surface area contributed by atoms with E-state index in [4.69, 9.17) is 37.6 Å². The molecule has 4 heterocycles. The van der Waals surface area contributed by atoms with E-state index in [-0.39, 0.29) is 12.1 Å². The van der Waals surface area contributed by atoms with Crippen LogP contribution in [0.4, 0.5) is 5.82 Å². The van der Waals surface area contributed by atoms with Gasteiger partial charge in [-0.1, -0.05) is 28.4 Å². The second-order valence-corrected chi connectivity index (χ2v) is 7.96. The summed E-state index contributed by atoms with van der Waals surface area (Å²) in [5.74, 6) is 2.40. The Labute approximate surface area is 181 Å². The lowest BCUT2D eigenvalue weighted by molar-refractivity contribution is 0.117. The van der Waals surface area contributed by atoms with Crippen molar-refractivity contribution in [1.82, 2.24) is 30.0 Å². The van der Waals surface area contributed by atoms with E-state index < -0.39 is 0 Å². The normalized spacial score (nSPS) is 19.1. The summed E-state index contributed by atoms with van der Waals surface area (Å²) in [5, 5.41) is 18.2. The molecule has 5 rings (SSSR count). The zero-order valence-electron chi connectivity index (χ0n) is 16.2. The molecule has 11 heteroatoms. The summed E-state index contributed by atoms with van der Waals surface area (Å²) in [7, 11) is 1.70. The van der Waals surface area contributed by atoms with Crippen molar-refractivity contribution in [1.29, 1.82) is 0 Å². The summed E-state index contributed by atoms with van der Waals surface area (Å²) >= 11 is 12.3. The summed E-state index contributed by atoms with van der Waals surface area (Å²) < 4.78 is 12.7. The Balaban J connectivity index is 1.58. The molecule has 0 radical (unpaired) electrons. The molecule has 30 heavy (non-hydrogen) atoms. The van der Waals surface area contributed by atoms with Gasteiger partial charge in [0.15, 0.2) is 23.1 Å². The Bertz CT molecular complexity index is 1200. The summed E-state index contributed by atoms with van der Waals surface area (Å²) in [5.41, 5.74) is 1.34. The highest BCUT2D eigenvalue weighted by molar-refractivity contribution is 6.35. The van der Waals surface area contributed by atoms with Crippen LogP contribution in [0.15, 0.2) is 34.9 Å². The lowest BCUT2D eigenvalue weighted by Gasteiger charge is -2.22. The smallest absolute Gasteiger partial charge is 0.249 e. The Kier molecular flexibility index (Phi) is 4.80. The quantitative estimate of drug-likeness (QED) is 0.468. The van der Waals surface area contributed by atoms with E-state index >= 15 is 0 Å². The van der Waals surface area contributed by atoms with Crippen LogP contribution >= 0.6 is 23.2 Å². The van der Waals surface area contributed by atoms with E-state index in [0.717, 1.165) is 17.8 Å². The number of halogens is 2. The lowest BCUT2D eigenvalue weighted by atomic mass is 10.2. The molecule has 2 unspecified atom stereocenters. The van der Waals surface area contributed by atoms with Crippen LogP contribution in [0.5, 0.6) is 0 Å². The number of nitrogens with zero attached hydrogens (tertiary/aromatic N) is 7. The standard InChI is InChI=1S/C19H17Cl2N7O2/c1-10-22-19(30-26-10)15-8-14(29-2)9-27(15)17-4-3-16-23-24-18(28(16)25-17)11-5-12(20)7-13(21)6-11/h3-7,14-15H,8-9H2,1-2H3. The van der Waals surface area contributed by atoms with Gasteiger partial charge in [0.2, 0.25) is 5.89 Å². The van der Waals surface area contributed by atoms with Crippen LogP contribution in [0, 0.1) is 6.92 Å². The number of hydrogen-bond acceptors (Lipinski definition) is 8. The molecule has 154 valence electrons. The van der Waals surface area contributed by atoms with Crippen molar-refractivity contribution in [3.63, 3.8) is 0 Å². The van der Waals surface area contributed by atoms with Gasteiger partial charge in [-0.15, -0.1) is 15.3 Å². The van der Waals surface area contributed by atoms with Crippen molar-refractivity contribution in [3.05, 3.63) is 52.1 Å². The second kappa shape index (κ2) is 7.50. The van der Waals surface area contributed by atoms with Gasteiger partial charge in [-0.05, 0) is 37.3 Å². The van der Waals surface area contributed by atoms with Crippen molar-refractivity contribution < 1.29 is 9.26 Å². The van der Waals surface area contributed by atoms with Crippen LogP contribution < -0.4 is 4.90 Å². The topological polar surface area (TPSA) is 94.5 Å². The van der Waals surface area contributed by atoms with Gasteiger partial charge in [0.05, 0.1) is 6.10 Å². The zero-order chi connectivity index (χ0) is 20.8. The first-order chi connectivity index (χ1) is 14.5. The van der Waals surface area contributed by atoms with Gasteiger partial charge in [-0.25, -0.2) is 0 Å². The highest BCUT2D eigenvalue weighted by atomic mass is 35.5. The molecular formula is C19H17Cl2N7O2. The molecule has 2 atom stereocenters. The number of ether oxygens (including phenoxy) is 1. The zero-order valence-corrected chi connectivity index (χ0v) is 17.7. The highest BCUT2D eigenvalue weighted by Crippen LogP contribution is 2.36. The lowest BCUT2D eigenvalue weighted by Crippen LogP contribution is -2.26. The molecule has 0 saturated carbocycles. The van der Waals surface area contributed by atoms with E-state index in [2.05, 4.69) is 25.2 Å². The highest BCUT2D eigenvalue weighted by Gasteiger charge is 2.38. The largest absolute Gasteiger partial charge is 0.380 e. The number of rotatable bonds is 4. The maximum absolute atomic E-state index is 6.17. The molecule has 1 aliphatic heterocycles. The predicted molar refractivity (Wildman–Crippen MR) is 111 cm³/mol. The summed E-state index contributed by atoms with van der Waals surface area (Å²) in [4.78, 5) is 6.50. The minimum Gasteiger partial charge on any atom is -0.380 e. The third-order valence-corrected chi connectivity index (χ3v) is 5.52. The van der Waals surface area contributed by atoms with Crippen molar-refractivity contribution in [2.24, 2.45) is 0 Å². The first kappa shape index (κ1) is 19.2. The van der Waals surface area contributed by atoms with Gasteiger partial charge in [0, 0.05) is 35.7 Å². The molecule has 0 spiro atoms. The van der Waals surface area contributed by atoms with Gasteiger partial charge < -0.3 is 14.2 Å². The molecule has 1 fully saturated rings. The first-order valence-electron chi connectivity index (χ1n) is 9.30. The Morgan fingerprint density at radius 3 is 2.63 bits per heavy atom. The summed E-state index contributed by atoms with van der Waals surface area (Å²) in [6, 6.07) is 8.84. The molecule has 9 nitrogen and oxygen atoms in total. The SMILES string of the molecule is COC1CC(c2nc(C)no2)N(c2ccc3nnc(-c4cc(Cl)cc(Cl)c4)n3n2)C1. The van der Waals surface area contributed by atoms with Crippen LogP contribution in [0.1, 0.15) is 24.2 Å². The molecule has 4 aromatic rings. The van der Waals surface area contributed by atoms with E-state index in [1.54, 1.807) is 36.7 Å². The maximum atomic E-state index is 6.17. The minimum absolute atomic E-state index is 0.0202.